The van der Waals surface area contributed by atoms with E-state index in [-0.39, 0.29) is 33.0 Å². The number of H-pyrrole nitrogens is 2. The Morgan fingerprint density at radius 1 is 0.850 bits per heavy atom. The van der Waals surface area contributed by atoms with Crippen LogP contribution in [-0.4, -0.2) is 25.5 Å². The van der Waals surface area contributed by atoms with Gasteiger partial charge in [-0.25, -0.2) is 5.10 Å². The van der Waals surface area contributed by atoms with Crippen molar-refractivity contribution in [2.75, 3.05) is 0 Å². The highest BCUT2D eigenvalue weighted by atomic mass is 16.3. The van der Waals surface area contributed by atoms with Gasteiger partial charge in [0.1, 0.15) is 0 Å². The number of aromatic nitrogens is 4. The van der Waals surface area contributed by atoms with Crippen molar-refractivity contribution < 1.29 is 5.11 Å². The fourth-order valence-electron chi connectivity index (χ4n) is 12.1. The highest BCUT2D eigenvalue weighted by Gasteiger charge is 2.68. The smallest absolute Gasteiger partial charge is 0.209 e. The molecular weight excluding hydrogens is 492 g/mol. The van der Waals surface area contributed by atoms with Crippen LogP contribution in [0.25, 0.3) is 0 Å². The van der Waals surface area contributed by atoms with Gasteiger partial charge >= 0.3 is 0 Å². The van der Waals surface area contributed by atoms with Crippen molar-refractivity contribution in [1.29, 1.82) is 0 Å². The third-order valence-corrected chi connectivity index (χ3v) is 14.5. The van der Waals surface area contributed by atoms with Gasteiger partial charge in [0.15, 0.2) is 0 Å². The second-order valence-corrected chi connectivity index (χ2v) is 17.0. The Morgan fingerprint density at radius 3 is 2.25 bits per heavy atom. The van der Waals surface area contributed by atoms with Crippen molar-refractivity contribution in [3.63, 3.8) is 0 Å². The van der Waals surface area contributed by atoms with Crippen molar-refractivity contribution in [2.24, 2.45) is 39.4 Å². The van der Waals surface area contributed by atoms with Crippen LogP contribution in [0.3, 0.4) is 0 Å². The standard InChI is InChI=1S/C35H52N4O/c1-20-27(37-39-29(20)40)35-16-14-30(3,4)19-24(35)23-10-11-26-32(7)18-22-21(2)36-38-28(22)31(5,6)25(32)12-13-34(26,9)33(23,8)15-17-35/h10,24-26H,11-19H2,1-9H3,(H,36,38)(H2,37,39,40)/t24?,25?,26?,32-,33+,34+,35-/m0/s1. The molecular formula is C35H52N4O. The molecule has 3 unspecified atom stereocenters. The Bertz CT molecular complexity index is 1410. The number of aromatic hydroxyl groups is 1. The van der Waals surface area contributed by atoms with E-state index in [0.717, 1.165) is 17.7 Å². The van der Waals surface area contributed by atoms with Crippen LogP contribution < -0.4 is 0 Å². The first-order chi connectivity index (χ1) is 18.6. The van der Waals surface area contributed by atoms with Crippen LogP contribution in [0.1, 0.15) is 128 Å². The van der Waals surface area contributed by atoms with E-state index < -0.39 is 0 Å². The Kier molecular flexibility index (Phi) is 5.28. The molecule has 0 spiro atoms. The molecule has 2 heterocycles. The van der Waals surface area contributed by atoms with Crippen LogP contribution >= 0.6 is 0 Å². The van der Waals surface area contributed by atoms with E-state index in [1.807, 2.05) is 0 Å². The summed E-state index contributed by atoms with van der Waals surface area (Å²) < 4.78 is 0. The number of hydrogen-bond donors (Lipinski definition) is 3. The van der Waals surface area contributed by atoms with Crippen LogP contribution in [-0.2, 0) is 17.3 Å². The molecule has 0 amide bonds. The zero-order valence-electron chi connectivity index (χ0n) is 26.5. The molecule has 7 atom stereocenters. The average molecular weight is 545 g/mol. The third-order valence-electron chi connectivity index (χ3n) is 14.5. The number of nitrogens with one attached hydrogen (secondary N) is 2. The van der Waals surface area contributed by atoms with Gasteiger partial charge in [0.25, 0.3) is 0 Å². The first kappa shape index (κ1) is 26.8. The molecule has 0 aliphatic heterocycles. The SMILES string of the molecule is Cc1[nH]nc2c1C[C@@]1(C)C(CC[C@]3(C)C1CC=C1C4CC(C)(C)CC[C@]4(c4n[nH]c(O)c4C)CC[C@]13C)C2(C)C. The van der Waals surface area contributed by atoms with Gasteiger partial charge in [-0.2, -0.15) is 10.2 Å². The largest absolute Gasteiger partial charge is 0.493 e. The first-order valence-corrected chi connectivity index (χ1v) is 16.1. The molecule has 5 nitrogen and oxygen atoms in total. The summed E-state index contributed by atoms with van der Waals surface area (Å²) in [6.07, 6.45) is 13.7. The number of allylic oxidation sites excluding steroid dienone is 2. The number of fused-ring (bicyclic) bond motifs is 8. The van der Waals surface area contributed by atoms with Crippen molar-refractivity contribution in [2.45, 2.75) is 131 Å². The lowest BCUT2D eigenvalue weighted by atomic mass is 9.33. The van der Waals surface area contributed by atoms with E-state index in [4.69, 9.17) is 10.2 Å². The monoisotopic (exact) mass is 544 g/mol. The normalized spacial score (nSPS) is 43.0. The van der Waals surface area contributed by atoms with Gasteiger partial charge in [0.2, 0.25) is 5.88 Å². The minimum Gasteiger partial charge on any atom is -0.493 e. The Morgan fingerprint density at radius 2 is 1.55 bits per heavy atom. The minimum absolute atomic E-state index is 0.0301. The molecule has 218 valence electrons. The molecule has 7 rings (SSSR count). The van der Waals surface area contributed by atoms with Gasteiger partial charge in [0.05, 0.1) is 11.4 Å². The molecule has 0 aromatic carbocycles. The molecule has 5 aliphatic rings. The molecule has 3 fully saturated rings. The quantitative estimate of drug-likeness (QED) is 0.317. The molecule has 3 saturated carbocycles. The Labute approximate surface area is 241 Å². The lowest BCUT2D eigenvalue weighted by Gasteiger charge is -2.70. The van der Waals surface area contributed by atoms with Crippen molar-refractivity contribution in [1.82, 2.24) is 20.4 Å². The number of aryl methyl sites for hydroxylation is 1. The molecule has 5 heteroatoms. The summed E-state index contributed by atoms with van der Waals surface area (Å²) in [4.78, 5) is 0. The van der Waals surface area contributed by atoms with Gasteiger partial charge in [-0.1, -0.05) is 60.1 Å². The fourth-order valence-corrected chi connectivity index (χ4v) is 12.1. The summed E-state index contributed by atoms with van der Waals surface area (Å²) >= 11 is 0. The number of aromatic amines is 2. The summed E-state index contributed by atoms with van der Waals surface area (Å²) in [6.45, 7) is 22.2. The molecule has 40 heavy (non-hydrogen) atoms. The lowest BCUT2D eigenvalue weighted by molar-refractivity contribution is -0.155. The van der Waals surface area contributed by atoms with E-state index in [2.05, 4.69) is 78.6 Å². The highest BCUT2D eigenvalue weighted by Crippen LogP contribution is 2.75. The van der Waals surface area contributed by atoms with Crippen molar-refractivity contribution >= 4 is 0 Å². The maximum Gasteiger partial charge on any atom is 0.209 e. The van der Waals surface area contributed by atoms with Crippen molar-refractivity contribution in [3.05, 3.63) is 39.9 Å². The predicted molar refractivity (Wildman–Crippen MR) is 160 cm³/mol. The van der Waals surface area contributed by atoms with Gasteiger partial charge in [-0.3, -0.25) is 5.10 Å². The molecule has 3 N–H and O–H groups in total. The maximum absolute atomic E-state index is 10.6. The van der Waals surface area contributed by atoms with Gasteiger partial charge in [-0.15, -0.1) is 0 Å². The van der Waals surface area contributed by atoms with Crippen LogP contribution in [0, 0.1) is 53.3 Å². The highest BCUT2D eigenvalue weighted by molar-refractivity contribution is 5.44. The average Bonchev–Trinajstić information content (AvgIpc) is 3.41. The number of hydrogen-bond acceptors (Lipinski definition) is 3. The van der Waals surface area contributed by atoms with E-state index in [9.17, 15) is 5.11 Å². The first-order valence-electron chi connectivity index (χ1n) is 16.1. The van der Waals surface area contributed by atoms with Gasteiger partial charge in [0, 0.05) is 22.1 Å². The number of nitrogens with zero attached hydrogens (tertiary/aromatic N) is 2. The van der Waals surface area contributed by atoms with Crippen molar-refractivity contribution in [3.8, 4) is 5.88 Å². The summed E-state index contributed by atoms with van der Waals surface area (Å²) in [7, 11) is 0. The van der Waals surface area contributed by atoms with E-state index in [1.54, 1.807) is 5.57 Å². The molecule has 2 aromatic heterocycles. The summed E-state index contributed by atoms with van der Waals surface area (Å²) in [5.74, 6) is 2.06. The molecule has 0 saturated heterocycles. The maximum atomic E-state index is 10.6. The zero-order valence-corrected chi connectivity index (χ0v) is 26.5. The summed E-state index contributed by atoms with van der Waals surface area (Å²) in [5, 5.41) is 26.6. The second-order valence-electron chi connectivity index (χ2n) is 17.0. The minimum atomic E-state index is 0.0301. The predicted octanol–water partition coefficient (Wildman–Crippen LogP) is 8.22. The molecule has 2 aromatic rings. The van der Waals surface area contributed by atoms with E-state index >= 15 is 0 Å². The van der Waals surface area contributed by atoms with E-state index in [1.165, 1.54) is 68.3 Å². The van der Waals surface area contributed by atoms with E-state index in [0.29, 0.717) is 23.2 Å². The zero-order chi connectivity index (χ0) is 28.7. The molecule has 0 bridgehead atoms. The molecule has 5 aliphatic carbocycles. The summed E-state index contributed by atoms with van der Waals surface area (Å²) in [5.41, 5.74) is 9.12. The number of rotatable bonds is 1. The van der Waals surface area contributed by atoms with Crippen LogP contribution in [0.15, 0.2) is 11.6 Å². The van der Waals surface area contributed by atoms with Gasteiger partial charge in [-0.05, 0) is 117 Å². The topological polar surface area (TPSA) is 77.6 Å². The Balaban J connectivity index is 1.36. The van der Waals surface area contributed by atoms with Crippen LogP contribution in [0.4, 0.5) is 0 Å². The third kappa shape index (κ3) is 3.05. The fraction of sp³-hybridized carbons (Fsp3) is 0.771. The lowest BCUT2D eigenvalue weighted by Crippen LogP contribution is -2.64. The molecule has 0 radical (unpaired) electrons. The van der Waals surface area contributed by atoms with Gasteiger partial charge < -0.3 is 5.11 Å². The van der Waals surface area contributed by atoms with Crippen LogP contribution in [0.5, 0.6) is 5.88 Å². The van der Waals surface area contributed by atoms with Crippen LogP contribution in [0.2, 0.25) is 0 Å². The summed E-state index contributed by atoms with van der Waals surface area (Å²) in [6, 6.07) is 0. The second kappa shape index (κ2) is 7.86. The Hall–Kier alpha value is -2.04.